The number of rotatable bonds is 2. The zero-order chi connectivity index (χ0) is 17.0. The Balaban J connectivity index is 2.32. The molecule has 2 rings (SSSR count). The van der Waals surface area contributed by atoms with Crippen molar-refractivity contribution in [3.05, 3.63) is 64.5 Å². The Morgan fingerprint density at radius 3 is 2.26 bits per heavy atom. The first-order chi connectivity index (χ1) is 11.0. The van der Waals surface area contributed by atoms with E-state index in [0.29, 0.717) is 0 Å². The Morgan fingerprint density at radius 2 is 1.74 bits per heavy atom. The summed E-state index contributed by atoms with van der Waals surface area (Å²) in [7, 11) is 0. The average Bonchev–Trinajstić information content (AvgIpc) is 2.47. The Labute approximate surface area is 129 Å². The van der Waals surface area contributed by atoms with Gasteiger partial charge in [-0.2, -0.15) is 5.26 Å². The molecule has 114 valence electrons. The van der Waals surface area contributed by atoms with Gasteiger partial charge in [0.05, 0.1) is 5.56 Å². The van der Waals surface area contributed by atoms with Gasteiger partial charge in [-0.1, -0.05) is 5.92 Å². The molecule has 0 aliphatic rings. The highest BCUT2D eigenvalue weighted by atomic mass is 19.1. The molecular formula is C17H8F3NO2. The first kappa shape index (κ1) is 16.1. The van der Waals surface area contributed by atoms with Crippen LogP contribution in [-0.4, -0.2) is 5.97 Å². The lowest BCUT2D eigenvalue weighted by Gasteiger charge is -2.07. The SMILES string of the molecule is CC#Cc1cc(F)c(C(=O)Oc2ccc(C#N)c(F)c2)c(F)c1. The molecule has 0 fully saturated rings. The molecule has 0 heterocycles. The van der Waals surface area contributed by atoms with Gasteiger partial charge in [-0.05, 0) is 31.2 Å². The molecule has 0 saturated carbocycles. The van der Waals surface area contributed by atoms with Gasteiger partial charge >= 0.3 is 5.97 Å². The van der Waals surface area contributed by atoms with Crippen LogP contribution in [0.15, 0.2) is 30.3 Å². The molecule has 0 aliphatic heterocycles. The number of carbonyl (C=O) groups excluding carboxylic acids is 1. The van der Waals surface area contributed by atoms with Gasteiger partial charge < -0.3 is 4.74 Å². The molecule has 0 amide bonds. The maximum atomic E-state index is 13.9. The predicted octanol–water partition coefficient (Wildman–Crippen LogP) is 3.57. The van der Waals surface area contributed by atoms with Gasteiger partial charge in [0.25, 0.3) is 0 Å². The summed E-state index contributed by atoms with van der Waals surface area (Å²) in [5.41, 5.74) is -1.08. The molecule has 0 unspecified atom stereocenters. The molecule has 0 atom stereocenters. The van der Waals surface area contributed by atoms with Gasteiger partial charge in [0, 0.05) is 11.6 Å². The minimum atomic E-state index is -1.32. The van der Waals surface area contributed by atoms with Crippen LogP contribution in [0.4, 0.5) is 13.2 Å². The third kappa shape index (κ3) is 3.50. The van der Waals surface area contributed by atoms with Crippen molar-refractivity contribution in [1.29, 1.82) is 5.26 Å². The summed E-state index contributed by atoms with van der Waals surface area (Å²) in [4.78, 5) is 11.9. The largest absolute Gasteiger partial charge is 0.423 e. The number of hydrogen-bond donors (Lipinski definition) is 0. The summed E-state index contributed by atoms with van der Waals surface area (Å²) in [5.74, 6) is 0.160. The predicted molar refractivity (Wildman–Crippen MR) is 75.0 cm³/mol. The van der Waals surface area contributed by atoms with E-state index < -0.39 is 29.0 Å². The van der Waals surface area contributed by atoms with E-state index >= 15 is 0 Å². The molecule has 0 spiro atoms. The van der Waals surface area contributed by atoms with Crippen molar-refractivity contribution in [2.75, 3.05) is 0 Å². The number of ether oxygens (including phenoxy) is 1. The van der Waals surface area contributed by atoms with E-state index in [-0.39, 0.29) is 16.9 Å². The standard InChI is InChI=1S/C17H8F3NO2/c1-2-3-10-6-14(19)16(15(20)7-10)17(22)23-12-5-4-11(9-21)13(18)8-12/h4-8H,1H3. The highest BCUT2D eigenvalue weighted by molar-refractivity contribution is 5.91. The molecule has 6 heteroatoms. The van der Waals surface area contributed by atoms with Crippen LogP contribution in [0.1, 0.15) is 28.4 Å². The third-order valence-corrected chi connectivity index (χ3v) is 2.79. The smallest absolute Gasteiger partial charge is 0.349 e. The van der Waals surface area contributed by atoms with Crippen LogP contribution in [-0.2, 0) is 0 Å². The molecule has 0 N–H and O–H groups in total. The third-order valence-electron chi connectivity index (χ3n) is 2.79. The summed E-state index contributed by atoms with van der Waals surface area (Å²) < 4.78 is 45.9. The van der Waals surface area contributed by atoms with Gasteiger partial charge in [0.1, 0.15) is 34.8 Å². The number of carbonyl (C=O) groups is 1. The van der Waals surface area contributed by atoms with Gasteiger partial charge in [-0.3, -0.25) is 0 Å². The maximum absolute atomic E-state index is 13.9. The lowest BCUT2D eigenvalue weighted by Crippen LogP contribution is -2.13. The van der Waals surface area contributed by atoms with Crippen molar-refractivity contribution in [2.24, 2.45) is 0 Å². The van der Waals surface area contributed by atoms with E-state index in [1.807, 2.05) is 0 Å². The first-order valence-corrected chi connectivity index (χ1v) is 6.30. The van der Waals surface area contributed by atoms with Crippen LogP contribution in [0.2, 0.25) is 0 Å². The lowest BCUT2D eigenvalue weighted by molar-refractivity contribution is 0.0724. The summed E-state index contributed by atoms with van der Waals surface area (Å²) in [5, 5.41) is 8.60. The molecule has 0 radical (unpaired) electrons. The molecule has 0 saturated heterocycles. The minimum Gasteiger partial charge on any atom is -0.423 e. The Morgan fingerprint density at radius 1 is 1.09 bits per heavy atom. The number of hydrogen-bond acceptors (Lipinski definition) is 3. The fourth-order valence-electron chi connectivity index (χ4n) is 1.79. The van der Waals surface area contributed by atoms with Gasteiger partial charge in [0.15, 0.2) is 0 Å². The highest BCUT2D eigenvalue weighted by Gasteiger charge is 2.21. The van der Waals surface area contributed by atoms with Crippen molar-refractivity contribution in [3.63, 3.8) is 0 Å². The number of esters is 1. The van der Waals surface area contributed by atoms with E-state index in [4.69, 9.17) is 10.00 Å². The molecular weight excluding hydrogens is 307 g/mol. The van der Waals surface area contributed by atoms with Gasteiger partial charge in [0.2, 0.25) is 0 Å². The fourth-order valence-corrected chi connectivity index (χ4v) is 1.79. The second kappa shape index (κ2) is 6.67. The van der Waals surface area contributed by atoms with Crippen molar-refractivity contribution in [1.82, 2.24) is 0 Å². The van der Waals surface area contributed by atoms with E-state index in [1.165, 1.54) is 6.92 Å². The van der Waals surface area contributed by atoms with Crippen LogP contribution in [0, 0.1) is 40.6 Å². The summed E-state index contributed by atoms with van der Waals surface area (Å²) in [6.45, 7) is 1.50. The molecule has 0 bridgehead atoms. The summed E-state index contributed by atoms with van der Waals surface area (Å²) in [6, 6.07) is 6.41. The van der Waals surface area contributed by atoms with Crippen molar-refractivity contribution in [2.45, 2.75) is 6.92 Å². The molecule has 0 aliphatic carbocycles. The van der Waals surface area contributed by atoms with Crippen LogP contribution < -0.4 is 4.74 Å². The topological polar surface area (TPSA) is 50.1 Å². The monoisotopic (exact) mass is 315 g/mol. The molecule has 3 nitrogen and oxygen atoms in total. The number of halogens is 3. The van der Waals surface area contributed by atoms with E-state index in [2.05, 4.69) is 11.8 Å². The van der Waals surface area contributed by atoms with Crippen molar-refractivity contribution < 1.29 is 22.7 Å². The molecule has 2 aromatic carbocycles. The second-order valence-electron chi connectivity index (χ2n) is 4.33. The molecule has 0 aromatic heterocycles. The summed E-state index contributed by atoms with van der Waals surface area (Å²) >= 11 is 0. The van der Waals surface area contributed by atoms with Crippen molar-refractivity contribution >= 4 is 5.97 Å². The normalized spacial score (nSPS) is 9.52. The number of nitriles is 1. The zero-order valence-corrected chi connectivity index (χ0v) is 11.8. The first-order valence-electron chi connectivity index (χ1n) is 6.30. The Hall–Kier alpha value is -3.25. The second-order valence-corrected chi connectivity index (χ2v) is 4.33. The molecule has 2 aromatic rings. The van der Waals surface area contributed by atoms with Crippen LogP contribution >= 0.6 is 0 Å². The van der Waals surface area contributed by atoms with Gasteiger partial charge in [-0.25, -0.2) is 18.0 Å². The summed E-state index contributed by atoms with van der Waals surface area (Å²) in [6.07, 6.45) is 0. The lowest BCUT2D eigenvalue weighted by atomic mass is 10.1. The molecule has 23 heavy (non-hydrogen) atoms. The van der Waals surface area contributed by atoms with Gasteiger partial charge in [-0.15, -0.1) is 5.92 Å². The van der Waals surface area contributed by atoms with Crippen LogP contribution in [0.5, 0.6) is 5.75 Å². The van der Waals surface area contributed by atoms with E-state index in [0.717, 1.165) is 30.3 Å². The average molecular weight is 315 g/mol. The fraction of sp³-hybridized carbons (Fsp3) is 0.0588. The van der Waals surface area contributed by atoms with Crippen molar-refractivity contribution in [3.8, 4) is 23.7 Å². The Bertz CT molecular complexity index is 866. The highest BCUT2D eigenvalue weighted by Crippen LogP contribution is 2.20. The van der Waals surface area contributed by atoms with Crippen LogP contribution in [0.25, 0.3) is 0 Å². The quantitative estimate of drug-likeness (QED) is 0.484. The van der Waals surface area contributed by atoms with Crippen LogP contribution in [0.3, 0.4) is 0 Å². The number of benzene rings is 2. The zero-order valence-electron chi connectivity index (χ0n) is 11.8. The minimum absolute atomic E-state index is 0.0727. The van der Waals surface area contributed by atoms with E-state index in [9.17, 15) is 18.0 Å². The Kier molecular flexibility index (Phi) is 4.68. The number of nitrogens with zero attached hydrogens (tertiary/aromatic N) is 1. The van der Waals surface area contributed by atoms with E-state index in [1.54, 1.807) is 6.07 Å². The maximum Gasteiger partial charge on any atom is 0.349 e.